The van der Waals surface area contributed by atoms with Crippen molar-refractivity contribution in [3.05, 3.63) is 40.6 Å². The number of likely N-dealkylation sites (tertiary alicyclic amines) is 1. The summed E-state index contributed by atoms with van der Waals surface area (Å²) in [6.07, 6.45) is 6.09. The minimum atomic E-state index is 0.0624. The molecule has 0 saturated carbocycles. The number of thiophene rings is 1. The lowest BCUT2D eigenvalue weighted by molar-refractivity contribution is 0.165. The lowest BCUT2D eigenvalue weighted by Gasteiger charge is -2.32. The molecule has 1 fully saturated rings. The smallest absolute Gasteiger partial charge is 0.317 e. The molecule has 2 aromatic rings. The summed E-state index contributed by atoms with van der Waals surface area (Å²) in [5.74, 6) is 2.23. The third kappa shape index (κ3) is 4.17. The van der Waals surface area contributed by atoms with Crippen LogP contribution in [0.25, 0.3) is 0 Å². The Kier molecular flexibility index (Phi) is 5.56. The van der Waals surface area contributed by atoms with Gasteiger partial charge in [0.15, 0.2) is 0 Å². The number of hydrogen-bond donors (Lipinski definition) is 1. The van der Waals surface area contributed by atoms with Gasteiger partial charge in [0.05, 0.1) is 6.54 Å². The molecule has 1 N–H and O–H groups in total. The van der Waals surface area contributed by atoms with Crippen LogP contribution in [-0.2, 0) is 13.1 Å². The molecule has 0 bridgehead atoms. The maximum atomic E-state index is 12.3. The SMILES string of the molecule is CC(C)c1nccn1CC1CCN(C(=O)NCc2cccs2)CC1. The molecule has 6 heteroatoms. The molecule has 2 amide bonds. The van der Waals surface area contributed by atoms with Crippen LogP contribution in [0.1, 0.15) is 43.3 Å². The molecule has 5 nitrogen and oxygen atoms in total. The lowest BCUT2D eigenvalue weighted by atomic mass is 9.96. The van der Waals surface area contributed by atoms with Gasteiger partial charge in [-0.1, -0.05) is 19.9 Å². The van der Waals surface area contributed by atoms with Gasteiger partial charge in [0.1, 0.15) is 5.82 Å². The van der Waals surface area contributed by atoms with Gasteiger partial charge in [-0.25, -0.2) is 9.78 Å². The minimum absolute atomic E-state index is 0.0624. The van der Waals surface area contributed by atoms with Gasteiger partial charge in [0.2, 0.25) is 0 Å². The zero-order valence-electron chi connectivity index (χ0n) is 14.4. The molecule has 1 aliphatic rings. The average Bonchev–Trinajstić information content (AvgIpc) is 3.25. The van der Waals surface area contributed by atoms with Crippen LogP contribution in [0.2, 0.25) is 0 Å². The normalized spacial score (nSPS) is 15.9. The number of aromatic nitrogens is 2. The predicted molar refractivity (Wildman–Crippen MR) is 97.2 cm³/mol. The van der Waals surface area contributed by atoms with Crippen molar-refractivity contribution >= 4 is 17.4 Å². The molecule has 3 heterocycles. The second kappa shape index (κ2) is 7.83. The van der Waals surface area contributed by atoms with E-state index in [1.54, 1.807) is 11.3 Å². The number of piperidine rings is 1. The highest BCUT2D eigenvalue weighted by Crippen LogP contribution is 2.21. The lowest BCUT2D eigenvalue weighted by Crippen LogP contribution is -2.44. The fraction of sp³-hybridized carbons (Fsp3) is 0.556. The Balaban J connectivity index is 1.45. The van der Waals surface area contributed by atoms with Crippen LogP contribution in [0.3, 0.4) is 0 Å². The van der Waals surface area contributed by atoms with E-state index < -0.39 is 0 Å². The van der Waals surface area contributed by atoms with Crippen LogP contribution >= 0.6 is 11.3 Å². The third-order valence-corrected chi connectivity index (χ3v) is 5.49. The topological polar surface area (TPSA) is 50.2 Å². The molecule has 1 aliphatic heterocycles. The molecule has 130 valence electrons. The van der Waals surface area contributed by atoms with Crippen LogP contribution < -0.4 is 5.32 Å². The first-order valence-electron chi connectivity index (χ1n) is 8.69. The Morgan fingerprint density at radius 2 is 2.21 bits per heavy atom. The van der Waals surface area contributed by atoms with Gasteiger partial charge < -0.3 is 14.8 Å². The summed E-state index contributed by atoms with van der Waals surface area (Å²) in [6, 6.07) is 4.13. The number of carbonyl (C=O) groups excluding carboxylic acids is 1. The average molecular weight is 347 g/mol. The highest BCUT2D eigenvalue weighted by molar-refractivity contribution is 7.09. The van der Waals surface area contributed by atoms with Crippen molar-refractivity contribution in [2.24, 2.45) is 5.92 Å². The Hall–Kier alpha value is -1.82. The molecule has 0 atom stereocenters. The predicted octanol–water partition coefficient (Wildman–Crippen LogP) is 3.69. The quantitative estimate of drug-likeness (QED) is 0.897. The highest BCUT2D eigenvalue weighted by atomic mass is 32.1. The number of nitrogens with one attached hydrogen (secondary N) is 1. The van der Waals surface area contributed by atoms with Crippen molar-refractivity contribution in [1.29, 1.82) is 0 Å². The number of rotatable bonds is 5. The summed E-state index contributed by atoms with van der Waals surface area (Å²) in [6.45, 7) is 7.68. The molecular weight excluding hydrogens is 320 g/mol. The third-order valence-electron chi connectivity index (χ3n) is 4.61. The van der Waals surface area contributed by atoms with Gasteiger partial charge >= 0.3 is 6.03 Å². The molecule has 1 saturated heterocycles. The van der Waals surface area contributed by atoms with Crippen molar-refractivity contribution in [2.75, 3.05) is 13.1 Å². The van der Waals surface area contributed by atoms with Crippen molar-refractivity contribution < 1.29 is 4.79 Å². The summed E-state index contributed by atoms with van der Waals surface area (Å²) in [5.41, 5.74) is 0. The largest absolute Gasteiger partial charge is 0.334 e. The molecule has 0 spiro atoms. The molecule has 0 radical (unpaired) electrons. The van der Waals surface area contributed by atoms with Crippen LogP contribution in [0.15, 0.2) is 29.9 Å². The second-order valence-electron chi connectivity index (χ2n) is 6.76. The summed E-state index contributed by atoms with van der Waals surface area (Å²) in [7, 11) is 0. The van der Waals surface area contributed by atoms with E-state index in [1.807, 2.05) is 22.5 Å². The number of amides is 2. The van der Waals surface area contributed by atoms with E-state index in [1.165, 1.54) is 4.88 Å². The van der Waals surface area contributed by atoms with E-state index in [0.29, 0.717) is 18.4 Å². The summed E-state index contributed by atoms with van der Waals surface area (Å²) >= 11 is 1.68. The molecule has 0 unspecified atom stereocenters. The fourth-order valence-corrected chi connectivity index (χ4v) is 3.90. The summed E-state index contributed by atoms with van der Waals surface area (Å²) < 4.78 is 2.28. The van der Waals surface area contributed by atoms with E-state index in [0.717, 1.165) is 38.3 Å². The van der Waals surface area contributed by atoms with E-state index in [-0.39, 0.29) is 6.03 Å². The molecule has 0 aromatic carbocycles. The summed E-state index contributed by atoms with van der Waals surface area (Å²) in [4.78, 5) is 19.9. The van der Waals surface area contributed by atoms with Crippen LogP contribution in [-0.4, -0.2) is 33.6 Å². The minimum Gasteiger partial charge on any atom is -0.334 e. The number of urea groups is 1. The van der Waals surface area contributed by atoms with Gasteiger partial charge in [-0.15, -0.1) is 11.3 Å². The van der Waals surface area contributed by atoms with Crippen molar-refractivity contribution in [3.8, 4) is 0 Å². The van der Waals surface area contributed by atoms with E-state index in [2.05, 4.69) is 41.0 Å². The molecule has 24 heavy (non-hydrogen) atoms. The van der Waals surface area contributed by atoms with Crippen molar-refractivity contribution in [1.82, 2.24) is 19.8 Å². The van der Waals surface area contributed by atoms with Crippen molar-refractivity contribution in [3.63, 3.8) is 0 Å². The maximum absolute atomic E-state index is 12.3. The first-order chi connectivity index (χ1) is 11.6. The molecular formula is C18H26N4OS. The number of hydrogen-bond acceptors (Lipinski definition) is 3. The van der Waals surface area contributed by atoms with E-state index in [4.69, 9.17) is 0 Å². The molecule has 0 aliphatic carbocycles. The maximum Gasteiger partial charge on any atom is 0.317 e. The van der Waals surface area contributed by atoms with Gasteiger partial charge in [-0.2, -0.15) is 0 Å². The van der Waals surface area contributed by atoms with Gasteiger partial charge in [0.25, 0.3) is 0 Å². The van der Waals surface area contributed by atoms with E-state index >= 15 is 0 Å². The number of nitrogens with zero attached hydrogens (tertiary/aromatic N) is 3. The Morgan fingerprint density at radius 3 is 2.88 bits per heavy atom. The van der Waals surface area contributed by atoms with Gasteiger partial charge in [-0.3, -0.25) is 0 Å². The molecule has 3 rings (SSSR count). The number of imidazole rings is 1. The fourth-order valence-electron chi connectivity index (χ4n) is 3.26. The highest BCUT2D eigenvalue weighted by Gasteiger charge is 2.23. The second-order valence-corrected chi connectivity index (χ2v) is 7.79. The van der Waals surface area contributed by atoms with Crippen LogP contribution in [0.4, 0.5) is 4.79 Å². The monoisotopic (exact) mass is 346 g/mol. The van der Waals surface area contributed by atoms with Crippen LogP contribution in [0, 0.1) is 5.92 Å². The van der Waals surface area contributed by atoms with Crippen LogP contribution in [0.5, 0.6) is 0 Å². The first kappa shape index (κ1) is 17.0. The van der Waals surface area contributed by atoms with Gasteiger partial charge in [0, 0.05) is 42.8 Å². The standard InChI is InChI=1S/C18H26N4OS/c1-14(2)17-19-7-10-22(17)13-15-5-8-21(9-6-15)18(23)20-12-16-4-3-11-24-16/h3-4,7,10-11,14-15H,5-6,8-9,12-13H2,1-2H3,(H,20,23). The Morgan fingerprint density at radius 1 is 1.42 bits per heavy atom. The van der Waals surface area contributed by atoms with E-state index in [9.17, 15) is 4.79 Å². The van der Waals surface area contributed by atoms with Crippen molar-refractivity contribution in [2.45, 2.75) is 45.7 Å². The van der Waals surface area contributed by atoms with Gasteiger partial charge in [-0.05, 0) is 30.2 Å². The zero-order chi connectivity index (χ0) is 16.9. The zero-order valence-corrected chi connectivity index (χ0v) is 15.3. The molecule has 2 aromatic heterocycles. The Labute approximate surface area is 147 Å². The summed E-state index contributed by atoms with van der Waals surface area (Å²) in [5, 5.41) is 5.06. The first-order valence-corrected chi connectivity index (χ1v) is 9.57. The number of carbonyl (C=O) groups is 1. The Bertz CT molecular complexity index is 642.